The number of fused-ring (bicyclic) bond motifs is 3. The maximum absolute atomic E-state index is 2.41. The summed E-state index contributed by atoms with van der Waals surface area (Å²) in [6, 6.07) is 4.77. The van der Waals surface area contributed by atoms with E-state index in [1.54, 1.807) is 0 Å². The first-order valence-electron chi connectivity index (χ1n) is 7.90. The molecule has 0 heterocycles. The first-order chi connectivity index (χ1) is 9.67. The third-order valence-corrected chi connectivity index (χ3v) is 5.72. The van der Waals surface area contributed by atoms with E-state index in [0.717, 1.165) is 0 Å². The van der Waals surface area contributed by atoms with Gasteiger partial charge in [0, 0.05) is 5.41 Å². The molecule has 0 saturated carbocycles. The highest BCUT2D eigenvalue weighted by Crippen LogP contribution is 2.53. The molecule has 0 aliphatic heterocycles. The van der Waals surface area contributed by atoms with Crippen molar-refractivity contribution in [2.24, 2.45) is 0 Å². The number of hydrogen-bond donors (Lipinski definition) is 0. The zero-order chi connectivity index (χ0) is 15.7. The van der Waals surface area contributed by atoms with E-state index in [1.165, 1.54) is 55.6 Å². The van der Waals surface area contributed by atoms with E-state index in [0.29, 0.717) is 0 Å². The molecule has 0 radical (unpaired) electrons. The Hall–Kier alpha value is -1.56. The molecule has 110 valence electrons. The van der Waals surface area contributed by atoms with Crippen molar-refractivity contribution in [3.8, 4) is 11.1 Å². The minimum Gasteiger partial charge on any atom is -0.0558 e. The van der Waals surface area contributed by atoms with Crippen LogP contribution >= 0.6 is 0 Å². The van der Waals surface area contributed by atoms with Crippen molar-refractivity contribution < 1.29 is 0 Å². The van der Waals surface area contributed by atoms with Crippen molar-refractivity contribution in [3.05, 3.63) is 56.6 Å². The molecule has 2 aromatic rings. The lowest BCUT2D eigenvalue weighted by molar-refractivity contribution is 0.649. The van der Waals surface area contributed by atoms with Gasteiger partial charge in [-0.15, -0.1) is 0 Å². The predicted molar refractivity (Wildman–Crippen MR) is 92.4 cm³/mol. The Kier molecular flexibility index (Phi) is 2.89. The maximum atomic E-state index is 2.41. The molecule has 0 fully saturated rings. The van der Waals surface area contributed by atoms with Gasteiger partial charge in [-0.1, -0.05) is 26.0 Å². The average molecular weight is 278 g/mol. The Bertz CT molecular complexity index is 774. The van der Waals surface area contributed by atoms with Crippen LogP contribution in [-0.2, 0) is 5.41 Å². The summed E-state index contributed by atoms with van der Waals surface area (Å²) in [6.07, 6.45) is 0. The lowest BCUT2D eigenvalue weighted by Crippen LogP contribution is -2.18. The molecule has 3 rings (SSSR count). The summed E-state index contributed by atoms with van der Waals surface area (Å²) in [6.45, 7) is 18.4. The van der Waals surface area contributed by atoms with Crippen LogP contribution in [0.4, 0.5) is 0 Å². The van der Waals surface area contributed by atoms with Crippen LogP contribution in [0, 0.1) is 41.5 Å². The molecular formula is C21H26. The molecule has 0 nitrogen and oxygen atoms in total. The summed E-state index contributed by atoms with van der Waals surface area (Å²) < 4.78 is 0. The van der Waals surface area contributed by atoms with E-state index in [4.69, 9.17) is 0 Å². The van der Waals surface area contributed by atoms with Crippen molar-refractivity contribution in [2.45, 2.75) is 60.8 Å². The largest absolute Gasteiger partial charge is 0.0558 e. The van der Waals surface area contributed by atoms with Crippen LogP contribution < -0.4 is 0 Å². The number of aryl methyl sites for hydroxylation is 3. The Morgan fingerprint density at radius 1 is 0.619 bits per heavy atom. The Morgan fingerprint density at radius 2 is 1.19 bits per heavy atom. The minimum atomic E-state index is 0.107. The molecule has 0 heteroatoms. The average Bonchev–Trinajstić information content (AvgIpc) is 2.61. The standard InChI is InChI=1S/C21H26/c1-11-9-13(3)19-18(15(11)5)17-10-12(2)14(4)16(6)20(17)21(19,7)8/h9-10H,1-8H3. The lowest BCUT2D eigenvalue weighted by Gasteiger charge is -2.26. The van der Waals surface area contributed by atoms with E-state index in [2.05, 4.69) is 67.5 Å². The molecule has 1 aliphatic rings. The van der Waals surface area contributed by atoms with Gasteiger partial charge in [-0.3, -0.25) is 0 Å². The molecule has 0 atom stereocenters. The van der Waals surface area contributed by atoms with Crippen LogP contribution in [0.5, 0.6) is 0 Å². The van der Waals surface area contributed by atoms with Gasteiger partial charge in [0.1, 0.15) is 0 Å². The monoisotopic (exact) mass is 278 g/mol. The highest BCUT2D eigenvalue weighted by Gasteiger charge is 2.39. The zero-order valence-corrected chi connectivity index (χ0v) is 14.7. The minimum absolute atomic E-state index is 0.107. The van der Waals surface area contributed by atoms with Crippen molar-refractivity contribution in [2.75, 3.05) is 0 Å². The highest BCUT2D eigenvalue weighted by molar-refractivity contribution is 5.86. The Labute approximate surface area is 129 Å². The fraction of sp³-hybridized carbons (Fsp3) is 0.429. The van der Waals surface area contributed by atoms with Crippen molar-refractivity contribution in [1.29, 1.82) is 0 Å². The van der Waals surface area contributed by atoms with E-state index in [1.807, 2.05) is 0 Å². The molecule has 0 aromatic heterocycles. The quantitative estimate of drug-likeness (QED) is 0.567. The fourth-order valence-electron chi connectivity index (χ4n) is 4.44. The fourth-order valence-corrected chi connectivity index (χ4v) is 4.44. The van der Waals surface area contributed by atoms with Gasteiger partial charge < -0.3 is 0 Å². The van der Waals surface area contributed by atoms with Gasteiger partial charge in [-0.25, -0.2) is 0 Å². The van der Waals surface area contributed by atoms with E-state index in [9.17, 15) is 0 Å². The Morgan fingerprint density at radius 3 is 1.81 bits per heavy atom. The number of hydrogen-bond acceptors (Lipinski definition) is 0. The second-order valence-electron chi connectivity index (χ2n) is 7.38. The van der Waals surface area contributed by atoms with Crippen LogP contribution in [0.1, 0.15) is 58.4 Å². The molecule has 0 unspecified atom stereocenters. The molecule has 0 amide bonds. The summed E-state index contributed by atoms with van der Waals surface area (Å²) >= 11 is 0. The third-order valence-electron chi connectivity index (χ3n) is 5.72. The number of benzene rings is 2. The van der Waals surface area contributed by atoms with Crippen molar-refractivity contribution in [1.82, 2.24) is 0 Å². The van der Waals surface area contributed by atoms with Gasteiger partial charge in [0.2, 0.25) is 0 Å². The van der Waals surface area contributed by atoms with Crippen LogP contribution in [0.3, 0.4) is 0 Å². The summed E-state index contributed by atoms with van der Waals surface area (Å²) in [5.41, 5.74) is 14.8. The molecule has 1 aliphatic carbocycles. The van der Waals surface area contributed by atoms with Crippen molar-refractivity contribution in [3.63, 3.8) is 0 Å². The normalized spacial score (nSPS) is 15.0. The second kappa shape index (κ2) is 4.22. The van der Waals surface area contributed by atoms with E-state index < -0.39 is 0 Å². The van der Waals surface area contributed by atoms with Gasteiger partial charge in [-0.2, -0.15) is 0 Å². The zero-order valence-electron chi connectivity index (χ0n) is 14.7. The number of rotatable bonds is 0. The van der Waals surface area contributed by atoms with E-state index in [-0.39, 0.29) is 5.41 Å². The molecule has 2 aromatic carbocycles. The lowest BCUT2D eigenvalue weighted by atomic mass is 9.77. The summed E-state index contributed by atoms with van der Waals surface area (Å²) in [4.78, 5) is 0. The van der Waals surface area contributed by atoms with Gasteiger partial charge in [0.25, 0.3) is 0 Å². The molecule has 21 heavy (non-hydrogen) atoms. The molecular weight excluding hydrogens is 252 g/mol. The van der Waals surface area contributed by atoms with Crippen LogP contribution in [0.2, 0.25) is 0 Å². The van der Waals surface area contributed by atoms with Crippen LogP contribution in [0.15, 0.2) is 12.1 Å². The first-order valence-corrected chi connectivity index (χ1v) is 7.90. The van der Waals surface area contributed by atoms with Crippen LogP contribution in [0.25, 0.3) is 11.1 Å². The highest BCUT2D eigenvalue weighted by atomic mass is 14.4. The molecule has 0 saturated heterocycles. The van der Waals surface area contributed by atoms with Crippen molar-refractivity contribution >= 4 is 0 Å². The summed E-state index contributed by atoms with van der Waals surface area (Å²) in [5.74, 6) is 0. The van der Waals surface area contributed by atoms with Gasteiger partial charge in [-0.05, 0) is 97.2 Å². The maximum Gasteiger partial charge on any atom is 0.0164 e. The van der Waals surface area contributed by atoms with Gasteiger partial charge in [0.05, 0.1) is 0 Å². The topological polar surface area (TPSA) is 0 Å². The Balaban J connectivity index is 2.55. The first kappa shape index (κ1) is 14.4. The molecule has 0 spiro atoms. The van der Waals surface area contributed by atoms with Gasteiger partial charge in [0.15, 0.2) is 0 Å². The third kappa shape index (κ3) is 1.68. The van der Waals surface area contributed by atoms with Crippen LogP contribution in [-0.4, -0.2) is 0 Å². The van der Waals surface area contributed by atoms with Gasteiger partial charge >= 0.3 is 0 Å². The summed E-state index contributed by atoms with van der Waals surface area (Å²) in [5, 5.41) is 0. The molecule has 0 N–H and O–H groups in total. The second-order valence-corrected chi connectivity index (χ2v) is 7.38. The SMILES string of the molecule is Cc1cc2c(c(C)c1C)C(C)(C)c1c(C)cc(C)c(C)c1-2. The summed E-state index contributed by atoms with van der Waals surface area (Å²) in [7, 11) is 0. The molecule has 0 bridgehead atoms. The smallest absolute Gasteiger partial charge is 0.0164 e. The predicted octanol–water partition coefficient (Wildman–Crippen LogP) is 5.84. The van der Waals surface area contributed by atoms with E-state index >= 15 is 0 Å².